The van der Waals surface area contributed by atoms with Gasteiger partial charge >= 0.3 is 0 Å². The first-order valence-corrected chi connectivity index (χ1v) is 11.4. The summed E-state index contributed by atoms with van der Waals surface area (Å²) in [5, 5.41) is 4.62. The lowest BCUT2D eigenvalue weighted by molar-refractivity contribution is 0.0943. The van der Waals surface area contributed by atoms with Gasteiger partial charge in [0.05, 0.1) is 17.3 Å². The van der Waals surface area contributed by atoms with Crippen LogP contribution in [0.2, 0.25) is 0 Å². The van der Waals surface area contributed by atoms with Gasteiger partial charge < -0.3 is 10.2 Å². The number of amides is 1. The molecule has 1 atom stereocenters. The summed E-state index contributed by atoms with van der Waals surface area (Å²) in [5.41, 5.74) is 1.61. The Morgan fingerprint density at radius 2 is 1.69 bits per heavy atom. The van der Waals surface area contributed by atoms with Crippen LogP contribution in [0.5, 0.6) is 0 Å². The number of hydrogen-bond acceptors (Lipinski definition) is 5. The Labute approximate surface area is 175 Å². The van der Waals surface area contributed by atoms with Crippen LogP contribution in [0.25, 0.3) is 0 Å². The van der Waals surface area contributed by atoms with Gasteiger partial charge in [-0.25, -0.2) is 8.42 Å². The van der Waals surface area contributed by atoms with Crippen molar-refractivity contribution in [3.05, 3.63) is 83.2 Å². The van der Waals surface area contributed by atoms with E-state index >= 15 is 0 Å². The molecule has 0 saturated heterocycles. The van der Waals surface area contributed by atoms with Crippen molar-refractivity contribution in [2.45, 2.75) is 10.3 Å². The number of sulfonamides is 1. The van der Waals surface area contributed by atoms with Crippen LogP contribution in [0.1, 0.15) is 22.0 Å². The summed E-state index contributed by atoms with van der Waals surface area (Å²) in [6.45, 7) is 0.391. The highest BCUT2D eigenvalue weighted by atomic mass is 32.2. The SMILES string of the molecule is CN(C)[C@@H](CNC(=O)c1ccccc1NS(=O)(=O)c1cccs1)c1ccccc1. The van der Waals surface area contributed by atoms with Crippen molar-refractivity contribution in [2.75, 3.05) is 25.4 Å². The monoisotopic (exact) mass is 429 g/mol. The molecule has 0 aliphatic rings. The van der Waals surface area contributed by atoms with E-state index in [9.17, 15) is 13.2 Å². The van der Waals surface area contributed by atoms with Crippen LogP contribution in [0.15, 0.2) is 76.3 Å². The first kappa shape index (κ1) is 21.0. The highest BCUT2D eigenvalue weighted by Gasteiger charge is 2.20. The minimum Gasteiger partial charge on any atom is -0.350 e. The molecule has 1 heterocycles. The van der Waals surface area contributed by atoms with Gasteiger partial charge in [0, 0.05) is 6.54 Å². The van der Waals surface area contributed by atoms with Crippen molar-refractivity contribution in [1.29, 1.82) is 0 Å². The van der Waals surface area contributed by atoms with Crippen LogP contribution in [0.3, 0.4) is 0 Å². The van der Waals surface area contributed by atoms with Gasteiger partial charge in [-0.3, -0.25) is 9.52 Å². The first-order valence-electron chi connectivity index (χ1n) is 9.03. The van der Waals surface area contributed by atoms with E-state index in [1.165, 1.54) is 6.07 Å². The Bertz CT molecular complexity index is 1050. The number of benzene rings is 2. The molecule has 0 saturated carbocycles. The molecular formula is C21H23N3O3S2. The molecule has 0 spiro atoms. The fraction of sp³-hybridized carbons (Fsp3) is 0.190. The second kappa shape index (κ2) is 9.21. The number of nitrogens with zero attached hydrogens (tertiary/aromatic N) is 1. The van der Waals surface area contributed by atoms with Gasteiger partial charge in [-0.2, -0.15) is 0 Å². The molecule has 0 fully saturated rings. The van der Waals surface area contributed by atoms with Crippen LogP contribution in [-0.4, -0.2) is 39.9 Å². The topological polar surface area (TPSA) is 78.5 Å². The third-order valence-corrected chi connectivity index (χ3v) is 7.20. The number of likely N-dealkylation sites (N-methyl/N-ethyl adjacent to an activating group) is 1. The molecule has 8 heteroatoms. The third kappa shape index (κ3) is 5.23. The average Bonchev–Trinajstić information content (AvgIpc) is 3.25. The van der Waals surface area contributed by atoms with E-state index < -0.39 is 10.0 Å². The van der Waals surface area contributed by atoms with Gasteiger partial charge in [0.15, 0.2) is 0 Å². The van der Waals surface area contributed by atoms with Gasteiger partial charge in [0.1, 0.15) is 4.21 Å². The van der Waals surface area contributed by atoms with E-state index in [-0.39, 0.29) is 27.4 Å². The zero-order chi connectivity index (χ0) is 20.9. The van der Waals surface area contributed by atoms with Crippen LogP contribution < -0.4 is 10.0 Å². The Kier molecular flexibility index (Phi) is 6.68. The molecule has 0 aliphatic heterocycles. The fourth-order valence-electron chi connectivity index (χ4n) is 2.94. The predicted molar refractivity (Wildman–Crippen MR) is 117 cm³/mol. The lowest BCUT2D eigenvalue weighted by atomic mass is 10.1. The number of carbonyl (C=O) groups is 1. The van der Waals surface area contributed by atoms with Crippen molar-refractivity contribution < 1.29 is 13.2 Å². The molecule has 1 amide bonds. The normalized spacial score (nSPS) is 12.5. The number of hydrogen-bond donors (Lipinski definition) is 2. The summed E-state index contributed by atoms with van der Waals surface area (Å²) in [4.78, 5) is 14.9. The molecule has 2 N–H and O–H groups in total. The van der Waals surface area contributed by atoms with E-state index in [0.29, 0.717) is 6.54 Å². The van der Waals surface area contributed by atoms with Crippen molar-refractivity contribution >= 4 is 33.0 Å². The highest BCUT2D eigenvalue weighted by molar-refractivity contribution is 7.94. The Hall–Kier alpha value is -2.68. The molecule has 29 heavy (non-hydrogen) atoms. The number of nitrogens with one attached hydrogen (secondary N) is 2. The number of anilines is 1. The molecule has 0 aliphatic carbocycles. The van der Waals surface area contributed by atoms with E-state index in [1.807, 2.05) is 49.3 Å². The number of para-hydroxylation sites is 1. The standard InChI is InChI=1S/C21H23N3O3S2/c1-24(2)19(16-9-4-3-5-10-16)15-22-21(25)17-11-6-7-12-18(17)23-29(26,27)20-13-8-14-28-20/h3-14,19,23H,15H2,1-2H3,(H,22,25)/t19-/m0/s1. The predicted octanol–water partition coefficient (Wildman–Crippen LogP) is 3.58. The van der Waals surface area contributed by atoms with Crippen LogP contribution in [0.4, 0.5) is 5.69 Å². The molecule has 3 rings (SSSR count). The van der Waals surface area contributed by atoms with E-state index in [4.69, 9.17) is 0 Å². The quantitative estimate of drug-likeness (QED) is 0.574. The number of carbonyl (C=O) groups excluding carboxylic acids is 1. The van der Waals surface area contributed by atoms with Crippen LogP contribution >= 0.6 is 11.3 Å². The lowest BCUT2D eigenvalue weighted by Gasteiger charge is -2.25. The minimum absolute atomic E-state index is 0.00452. The largest absolute Gasteiger partial charge is 0.350 e. The van der Waals surface area contributed by atoms with E-state index in [2.05, 4.69) is 10.0 Å². The van der Waals surface area contributed by atoms with Gasteiger partial charge in [-0.1, -0.05) is 48.5 Å². The highest BCUT2D eigenvalue weighted by Crippen LogP contribution is 2.23. The van der Waals surface area contributed by atoms with Crippen molar-refractivity contribution in [3.8, 4) is 0 Å². The summed E-state index contributed by atoms with van der Waals surface area (Å²) >= 11 is 1.12. The van der Waals surface area contributed by atoms with Gasteiger partial charge in [0.2, 0.25) is 0 Å². The summed E-state index contributed by atoms with van der Waals surface area (Å²) in [5.74, 6) is -0.336. The first-order chi connectivity index (χ1) is 13.9. The molecule has 0 unspecified atom stereocenters. The molecule has 0 radical (unpaired) electrons. The Morgan fingerprint density at radius 3 is 2.34 bits per heavy atom. The summed E-state index contributed by atoms with van der Waals surface area (Å²) in [6, 6.07) is 19.7. The molecule has 0 bridgehead atoms. The van der Waals surface area contributed by atoms with E-state index in [0.717, 1.165) is 16.9 Å². The zero-order valence-electron chi connectivity index (χ0n) is 16.2. The van der Waals surface area contributed by atoms with Crippen LogP contribution in [-0.2, 0) is 10.0 Å². The molecule has 3 aromatic rings. The van der Waals surface area contributed by atoms with Crippen molar-refractivity contribution in [1.82, 2.24) is 10.2 Å². The summed E-state index contributed by atoms with van der Waals surface area (Å²) < 4.78 is 27.8. The van der Waals surface area contributed by atoms with E-state index in [1.54, 1.807) is 35.7 Å². The average molecular weight is 430 g/mol. The Balaban J connectivity index is 1.76. The maximum Gasteiger partial charge on any atom is 0.271 e. The molecule has 6 nitrogen and oxygen atoms in total. The maximum atomic E-state index is 12.8. The lowest BCUT2D eigenvalue weighted by Crippen LogP contribution is -2.35. The van der Waals surface area contributed by atoms with Gasteiger partial charge in [-0.15, -0.1) is 11.3 Å². The molecule has 1 aromatic heterocycles. The second-order valence-corrected chi connectivity index (χ2v) is 9.54. The van der Waals surface area contributed by atoms with Gasteiger partial charge in [-0.05, 0) is 43.2 Å². The maximum absolute atomic E-state index is 12.8. The smallest absolute Gasteiger partial charge is 0.271 e. The summed E-state index contributed by atoms with van der Waals surface area (Å²) in [6.07, 6.45) is 0. The van der Waals surface area contributed by atoms with Crippen molar-refractivity contribution in [2.24, 2.45) is 0 Å². The van der Waals surface area contributed by atoms with Crippen LogP contribution in [0, 0.1) is 0 Å². The fourth-order valence-corrected chi connectivity index (χ4v) is 5.01. The molecular weight excluding hydrogens is 406 g/mol. The molecule has 152 valence electrons. The molecule has 2 aromatic carbocycles. The summed E-state index contributed by atoms with van der Waals surface area (Å²) in [7, 11) is 0.169. The minimum atomic E-state index is -3.73. The third-order valence-electron chi connectivity index (χ3n) is 4.44. The van der Waals surface area contributed by atoms with Crippen molar-refractivity contribution in [3.63, 3.8) is 0 Å². The Morgan fingerprint density at radius 1 is 1.00 bits per heavy atom. The zero-order valence-corrected chi connectivity index (χ0v) is 17.8. The number of thiophene rings is 1. The second-order valence-electron chi connectivity index (χ2n) is 6.68. The van der Waals surface area contributed by atoms with Gasteiger partial charge in [0.25, 0.3) is 15.9 Å². The number of rotatable bonds is 8.